The molecular weight excluding hydrogens is 388 g/mol. The van der Waals surface area contributed by atoms with Gasteiger partial charge in [0.25, 0.3) is 0 Å². The van der Waals surface area contributed by atoms with Crippen LogP contribution in [0.4, 0.5) is 0 Å². The molecule has 154 valence electrons. The third kappa shape index (κ3) is 5.41. The Morgan fingerprint density at radius 3 is 2.59 bits per heavy atom. The Labute approximate surface area is 174 Å². The molecule has 0 aliphatic heterocycles. The van der Waals surface area contributed by atoms with Crippen LogP contribution in [0.5, 0.6) is 5.75 Å². The van der Waals surface area contributed by atoms with Crippen molar-refractivity contribution in [2.75, 3.05) is 12.9 Å². The number of thioether (sulfide) groups is 1. The molecule has 29 heavy (non-hydrogen) atoms. The van der Waals surface area contributed by atoms with E-state index in [0.29, 0.717) is 5.92 Å². The lowest BCUT2D eigenvalue weighted by molar-refractivity contribution is -0.119. The number of nitrogens with one attached hydrogen (secondary N) is 1. The number of amides is 1. The van der Waals surface area contributed by atoms with Crippen molar-refractivity contribution in [1.29, 1.82) is 0 Å². The number of hydrogen-bond donors (Lipinski definition) is 1. The zero-order valence-corrected chi connectivity index (χ0v) is 17.9. The number of hydrogen-bond acceptors (Lipinski definition) is 6. The number of methoxy groups -OCH3 is 1. The zero-order chi connectivity index (χ0) is 20.8. The fourth-order valence-corrected chi connectivity index (χ4v) is 3.66. The molecule has 0 saturated carbocycles. The third-order valence-electron chi connectivity index (χ3n) is 4.29. The van der Waals surface area contributed by atoms with Gasteiger partial charge in [-0.15, -0.1) is 10.2 Å². The smallest absolute Gasteiger partial charge is 0.231 e. The van der Waals surface area contributed by atoms with Crippen molar-refractivity contribution in [2.45, 2.75) is 38.5 Å². The highest BCUT2D eigenvalue weighted by atomic mass is 32.2. The van der Waals surface area contributed by atoms with Crippen molar-refractivity contribution in [1.82, 2.24) is 20.1 Å². The Bertz CT molecular complexity index is 920. The van der Waals surface area contributed by atoms with Gasteiger partial charge in [0.05, 0.1) is 25.2 Å². The van der Waals surface area contributed by atoms with Gasteiger partial charge < -0.3 is 19.0 Å². The molecule has 1 N–H and O–H groups in total. The standard InChI is InChI=1S/C21H26N4O3S/c1-14(2)12-25-20(16-7-9-17(27-4)10-8-16)23-24-21(25)29-13-19(26)22-15(3)18-6-5-11-28-18/h5-11,14-15H,12-13H2,1-4H3,(H,22,26)/t15-/m1/s1. The average molecular weight is 415 g/mol. The lowest BCUT2D eigenvalue weighted by atomic mass is 10.2. The molecule has 1 aromatic carbocycles. The van der Waals surface area contributed by atoms with Crippen LogP contribution < -0.4 is 10.1 Å². The lowest BCUT2D eigenvalue weighted by Crippen LogP contribution is -2.28. The first kappa shape index (κ1) is 21.0. The molecule has 3 aromatic rings. The highest BCUT2D eigenvalue weighted by molar-refractivity contribution is 7.99. The number of carbonyl (C=O) groups is 1. The zero-order valence-electron chi connectivity index (χ0n) is 17.1. The Balaban J connectivity index is 1.71. The number of furan rings is 1. The molecule has 0 aliphatic carbocycles. The largest absolute Gasteiger partial charge is 0.497 e. The molecular formula is C21H26N4O3S. The van der Waals surface area contributed by atoms with Crippen LogP contribution in [0.1, 0.15) is 32.6 Å². The van der Waals surface area contributed by atoms with E-state index in [-0.39, 0.29) is 17.7 Å². The van der Waals surface area contributed by atoms with Crippen LogP contribution in [0.15, 0.2) is 52.2 Å². The number of benzene rings is 1. The molecule has 0 spiro atoms. The molecule has 0 radical (unpaired) electrons. The van der Waals surface area contributed by atoms with Gasteiger partial charge in [0.2, 0.25) is 5.91 Å². The summed E-state index contributed by atoms with van der Waals surface area (Å²) >= 11 is 1.38. The Kier molecular flexibility index (Phi) is 6.98. The van der Waals surface area contributed by atoms with Crippen LogP contribution in [0.2, 0.25) is 0 Å². The maximum atomic E-state index is 12.4. The highest BCUT2D eigenvalue weighted by Crippen LogP contribution is 2.26. The van der Waals surface area contributed by atoms with E-state index in [1.165, 1.54) is 11.8 Å². The Morgan fingerprint density at radius 1 is 1.21 bits per heavy atom. The molecule has 2 heterocycles. The SMILES string of the molecule is COc1ccc(-c2nnc(SCC(=O)N[C@H](C)c3ccco3)n2CC(C)C)cc1. The topological polar surface area (TPSA) is 82.2 Å². The minimum absolute atomic E-state index is 0.0796. The van der Waals surface area contributed by atoms with E-state index < -0.39 is 0 Å². The molecule has 3 rings (SSSR count). The molecule has 2 aromatic heterocycles. The van der Waals surface area contributed by atoms with Crippen molar-refractivity contribution in [2.24, 2.45) is 5.92 Å². The monoisotopic (exact) mass is 414 g/mol. The molecule has 0 unspecified atom stereocenters. The average Bonchev–Trinajstić information content (AvgIpc) is 3.36. The van der Waals surface area contributed by atoms with Gasteiger partial charge in [-0.2, -0.15) is 0 Å². The fraction of sp³-hybridized carbons (Fsp3) is 0.381. The van der Waals surface area contributed by atoms with Crippen molar-refractivity contribution in [3.05, 3.63) is 48.4 Å². The lowest BCUT2D eigenvalue weighted by Gasteiger charge is -2.14. The number of aromatic nitrogens is 3. The second-order valence-electron chi connectivity index (χ2n) is 7.13. The first-order valence-electron chi connectivity index (χ1n) is 9.51. The predicted molar refractivity (Wildman–Crippen MR) is 113 cm³/mol. The summed E-state index contributed by atoms with van der Waals surface area (Å²) < 4.78 is 12.6. The quantitative estimate of drug-likeness (QED) is 0.529. The number of nitrogens with zero attached hydrogens (tertiary/aromatic N) is 3. The normalized spacial score (nSPS) is 12.2. The minimum Gasteiger partial charge on any atom is -0.497 e. The van der Waals surface area contributed by atoms with Crippen LogP contribution >= 0.6 is 11.8 Å². The first-order valence-corrected chi connectivity index (χ1v) is 10.5. The molecule has 1 amide bonds. The van der Waals surface area contributed by atoms with E-state index in [9.17, 15) is 4.79 Å². The van der Waals surface area contributed by atoms with Gasteiger partial charge in [0.15, 0.2) is 11.0 Å². The Hall–Kier alpha value is -2.74. The molecule has 0 fully saturated rings. The third-order valence-corrected chi connectivity index (χ3v) is 5.26. The molecule has 0 bridgehead atoms. The summed E-state index contributed by atoms with van der Waals surface area (Å²) in [5.74, 6) is 2.89. The van der Waals surface area contributed by atoms with Gasteiger partial charge in [0, 0.05) is 12.1 Å². The minimum atomic E-state index is -0.179. The first-order chi connectivity index (χ1) is 14.0. The maximum absolute atomic E-state index is 12.4. The van der Waals surface area contributed by atoms with Crippen LogP contribution in [0, 0.1) is 5.92 Å². The van der Waals surface area contributed by atoms with Gasteiger partial charge in [-0.3, -0.25) is 4.79 Å². The molecule has 1 atom stereocenters. The summed E-state index contributed by atoms with van der Waals surface area (Å²) in [6.45, 7) is 6.94. The Morgan fingerprint density at radius 2 is 1.97 bits per heavy atom. The highest BCUT2D eigenvalue weighted by Gasteiger charge is 2.18. The summed E-state index contributed by atoms with van der Waals surface area (Å²) in [6.07, 6.45) is 1.60. The van der Waals surface area contributed by atoms with Crippen molar-refractivity contribution >= 4 is 17.7 Å². The summed E-state index contributed by atoms with van der Waals surface area (Å²) in [6, 6.07) is 11.2. The summed E-state index contributed by atoms with van der Waals surface area (Å²) in [7, 11) is 1.64. The second-order valence-corrected chi connectivity index (χ2v) is 8.07. The van der Waals surface area contributed by atoms with E-state index in [1.54, 1.807) is 13.4 Å². The van der Waals surface area contributed by atoms with E-state index in [0.717, 1.165) is 34.6 Å². The second kappa shape index (κ2) is 9.65. The van der Waals surface area contributed by atoms with E-state index in [1.807, 2.05) is 43.3 Å². The molecule has 8 heteroatoms. The molecule has 0 aliphatic rings. The van der Waals surface area contributed by atoms with Crippen molar-refractivity contribution in [3.63, 3.8) is 0 Å². The van der Waals surface area contributed by atoms with Gasteiger partial charge in [0.1, 0.15) is 11.5 Å². The van der Waals surface area contributed by atoms with E-state index >= 15 is 0 Å². The maximum Gasteiger partial charge on any atom is 0.231 e. The number of carbonyl (C=O) groups excluding carboxylic acids is 1. The van der Waals surface area contributed by atoms with Crippen LogP contribution in [0.25, 0.3) is 11.4 Å². The van der Waals surface area contributed by atoms with Crippen LogP contribution in [0.3, 0.4) is 0 Å². The van der Waals surface area contributed by atoms with Gasteiger partial charge in [-0.25, -0.2) is 0 Å². The van der Waals surface area contributed by atoms with Gasteiger partial charge >= 0.3 is 0 Å². The van der Waals surface area contributed by atoms with Crippen molar-refractivity contribution < 1.29 is 13.9 Å². The van der Waals surface area contributed by atoms with Crippen LogP contribution in [-0.2, 0) is 11.3 Å². The molecule has 0 saturated heterocycles. The summed E-state index contributed by atoms with van der Waals surface area (Å²) in [5.41, 5.74) is 0.960. The number of ether oxygens (including phenoxy) is 1. The molecule has 7 nitrogen and oxygen atoms in total. The van der Waals surface area contributed by atoms with Crippen molar-refractivity contribution in [3.8, 4) is 17.1 Å². The van der Waals surface area contributed by atoms with Gasteiger partial charge in [-0.1, -0.05) is 25.6 Å². The number of rotatable bonds is 9. The van der Waals surface area contributed by atoms with Crippen LogP contribution in [-0.4, -0.2) is 33.5 Å². The van der Waals surface area contributed by atoms with E-state index in [2.05, 4.69) is 33.9 Å². The van der Waals surface area contributed by atoms with E-state index in [4.69, 9.17) is 9.15 Å². The summed E-state index contributed by atoms with van der Waals surface area (Å²) in [4.78, 5) is 12.4. The fourth-order valence-electron chi connectivity index (χ4n) is 2.90. The van der Waals surface area contributed by atoms with Gasteiger partial charge in [-0.05, 0) is 49.2 Å². The predicted octanol–water partition coefficient (Wildman–Crippen LogP) is 4.17. The summed E-state index contributed by atoms with van der Waals surface area (Å²) in [5, 5.41) is 12.4.